The zero-order chi connectivity index (χ0) is 19.6. The van der Waals surface area contributed by atoms with E-state index in [-0.39, 0.29) is 16.5 Å². The van der Waals surface area contributed by atoms with Crippen molar-refractivity contribution in [1.82, 2.24) is 4.98 Å². The number of aromatic nitrogens is 1. The molecule has 136 valence electrons. The van der Waals surface area contributed by atoms with Gasteiger partial charge in [-0.1, -0.05) is 35.9 Å². The number of ketones is 1. The first-order valence-electron chi connectivity index (χ1n) is 7.81. The summed E-state index contributed by atoms with van der Waals surface area (Å²) in [5, 5.41) is 11.2. The third-order valence-corrected chi connectivity index (χ3v) is 5.14. The van der Waals surface area contributed by atoms with Crippen LogP contribution in [0.4, 0.5) is 5.69 Å². The summed E-state index contributed by atoms with van der Waals surface area (Å²) < 4.78 is 0.683. The Morgan fingerprint density at radius 3 is 2.70 bits per heavy atom. The Kier molecular flexibility index (Phi) is 5.34. The molecule has 0 aliphatic carbocycles. The van der Waals surface area contributed by atoms with Crippen molar-refractivity contribution in [3.63, 3.8) is 0 Å². The molecule has 2 aromatic carbocycles. The normalized spacial score (nSPS) is 12.4. The molecule has 0 aliphatic rings. The molecule has 0 fully saturated rings. The Balaban J connectivity index is 2.05. The highest BCUT2D eigenvalue weighted by atomic mass is 35.5. The van der Waals surface area contributed by atoms with E-state index in [4.69, 9.17) is 11.6 Å². The average Bonchev–Trinajstić information content (AvgIpc) is 2.96. The van der Waals surface area contributed by atoms with E-state index in [2.05, 4.69) is 4.98 Å². The third-order valence-electron chi connectivity index (χ3n) is 3.83. The van der Waals surface area contributed by atoms with Gasteiger partial charge in [-0.25, -0.2) is 0 Å². The number of H-pyrrole nitrogens is 1. The van der Waals surface area contributed by atoms with E-state index >= 15 is 0 Å². The molecule has 0 spiro atoms. The van der Waals surface area contributed by atoms with Gasteiger partial charge < -0.3 is 4.98 Å². The Morgan fingerprint density at radius 2 is 2.00 bits per heavy atom. The lowest BCUT2D eigenvalue weighted by Gasteiger charge is -1.99. The van der Waals surface area contributed by atoms with Crippen LogP contribution in [0.1, 0.15) is 21.5 Å². The van der Waals surface area contributed by atoms with E-state index in [1.54, 1.807) is 12.1 Å². The number of thiazole rings is 1. The molecule has 1 N–H and O–H groups in total. The highest BCUT2D eigenvalue weighted by Gasteiger charge is 2.09. The van der Waals surface area contributed by atoms with Crippen LogP contribution in [0, 0.1) is 17.0 Å². The fourth-order valence-corrected chi connectivity index (χ4v) is 3.52. The number of nitro benzene ring substituents is 1. The van der Waals surface area contributed by atoms with Gasteiger partial charge in [0.1, 0.15) is 0 Å². The molecule has 6 nitrogen and oxygen atoms in total. The lowest BCUT2D eigenvalue weighted by Crippen LogP contribution is -2.20. The Bertz CT molecular complexity index is 1230. The highest BCUT2D eigenvalue weighted by molar-refractivity contribution is 7.07. The third kappa shape index (κ3) is 4.21. The second-order valence-electron chi connectivity index (χ2n) is 5.72. The number of rotatable bonds is 4. The number of nitrogens with zero attached hydrogens (tertiary/aromatic N) is 1. The Morgan fingerprint density at radius 1 is 1.26 bits per heavy atom. The Hall–Kier alpha value is -3.03. The van der Waals surface area contributed by atoms with E-state index in [9.17, 15) is 19.7 Å². The molecule has 0 amide bonds. The fraction of sp³-hybridized carbons (Fsp3) is 0.0526. The van der Waals surface area contributed by atoms with Crippen molar-refractivity contribution in [3.05, 3.63) is 93.8 Å². The molecule has 8 heteroatoms. The summed E-state index contributed by atoms with van der Waals surface area (Å²) >= 11 is 7.15. The number of carbonyl (C=O) groups excluding carboxylic acids is 1. The van der Waals surface area contributed by atoms with Crippen molar-refractivity contribution in [2.24, 2.45) is 0 Å². The van der Waals surface area contributed by atoms with Crippen molar-refractivity contribution in [2.75, 3.05) is 0 Å². The van der Waals surface area contributed by atoms with Gasteiger partial charge in [0.05, 0.1) is 14.1 Å². The number of benzene rings is 2. The van der Waals surface area contributed by atoms with Crippen LogP contribution in [0.25, 0.3) is 12.2 Å². The quantitative estimate of drug-likeness (QED) is 0.414. The van der Waals surface area contributed by atoms with Gasteiger partial charge in [-0.05, 0) is 24.6 Å². The van der Waals surface area contributed by atoms with Gasteiger partial charge in [-0.3, -0.25) is 19.7 Å². The predicted octanol–water partition coefficient (Wildman–Crippen LogP) is 2.80. The van der Waals surface area contributed by atoms with Crippen LogP contribution < -0.4 is 14.8 Å². The second kappa shape index (κ2) is 7.69. The molecule has 0 bridgehead atoms. The zero-order valence-electron chi connectivity index (χ0n) is 14.1. The zero-order valence-corrected chi connectivity index (χ0v) is 15.6. The predicted molar refractivity (Wildman–Crippen MR) is 106 cm³/mol. The van der Waals surface area contributed by atoms with Crippen LogP contribution >= 0.6 is 22.9 Å². The number of hydrogen-bond acceptors (Lipinski definition) is 5. The number of aromatic amines is 1. The van der Waals surface area contributed by atoms with E-state index in [0.717, 1.165) is 16.9 Å². The van der Waals surface area contributed by atoms with Crippen LogP contribution in [-0.2, 0) is 0 Å². The van der Waals surface area contributed by atoms with Crippen molar-refractivity contribution in [3.8, 4) is 0 Å². The number of Topliss-reactive ketones (excluding diaryl/α,β-unsaturated/α-hetero) is 1. The largest absolute Gasteiger partial charge is 0.313 e. The number of nitro groups is 1. The van der Waals surface area contributed by atoms with Crippen LogP contribution in [0.5, 0.6) is 0 Å². The topological polar surface area (TPSA) is 93.1 Å². The summed E-state index contributed by atoms with van der Waals surface area (Å²) in [5.74, 6) is -0.217. The van der Waals surface area contributed by atoms with Gasteiger partial charge in [-0.2, -0.15) is 0 Å². The summed E-state index contributed by atoms with van der Waals surface area (Å²) in [4.78, 5) is 37.6. The molecule has 1 heterocycles. The standard InChI is InChI=1S/C19H13ClN2O4S/c1-11-4-2-3-5-14(11)16(23)10-18-21-19(24)17(27-18)9-12-8-13(22(25)26)6-7-15(12)20/h2-10H,1H3,(H,21,24)/b17-9-,18-10-. The maximum Gasteiger partial charge on any atom is 0.270 e. The molecule has 0 unspecified atom stereocenters. The summed E-state index contributed by atoms with van der Waals surface area (Å²) in [6, 6.07) is 11.2. The monoisotopic (exact) mass is 400 g/mol. The first-order valence-corrected chi connectivity index (χ1v) is 9.01. The summed E-state index contributed by atoms with van der Waals surface area (Å²) in [5.41, 5.74) is 1.23. The van der Waals surface area contributed by atoms with E-state index in [1.807, 2.05) is 19.1 Å². The molecular formula is C19H13ClN2O4S. The molecule has 0 saturated carbocycles. The SMILES string of the molecule is Cc1ccccc1C(=O)/C=c1/[nH]c(=O)/c(=C/c2cc([N+](=O)[O-])ccc2Cl)s1. The minimum atomic E-state index is -0.535. The van der Waals surface area contributed by atoms with Crippen LogP contribution in [0.15, 0.2) is 47.3 Å². The molecule has 3 rings (SSSR count). The molecule has 0 radical (unpaired) electrons. The highest BCUT2D eigenvalue weighted by Crippen LogP contribution is 2.22. The van der Waals surface area contributed by atoms with Crippen molar-refractivity contribution in [2.45, 2.75) is 6.92 Å². The molecule has 0 atom stereocenters. The second-order valence-corrected chi connectivity index (χ2v) is 7.21. The van der Waals surface area contributed by atoms with E-state index in [1.165, 1.54) is 30.4 Å². The average molecular weight is 401 g/mol. The van der Waals surface area contributed by atoms with Crippen LogP contribution in [-0.4, -0.2) is 15.7 Å². The summed E-state index contributed by atoms with van der Waals surface area (Å²) in [6.07, 6.45) is 2.83. The van der Waals surface area contributed by atoms with Gasteiger partial charge in [0.2, 0.25) is 0 Å². The van der Waals surface area contributed by atoms with E-state index in [0.29, 0.717) is 20.3 Å². The number of non-ortho nitro benzene ring substituents is 1. The van der Waals surface area contributed by atoms with Gasteiger partial charge >= 0.3 is 0 Å². The molecule has 0 saturated heterocycles. The fourth-order valence-electron chi connectivity index (χ4n) is 2.47. The van der Waals surface area contributed by atoms with Gasteiger partial charge in [0, 0.05) is 34.4 Å². The minimum Gasteiger partial charge on any atom is -0.313 e. The first-order chi connectivity index (χ1) is 12.8. The van der Waals surface area contributed by atoms with Gasteiger partial charge in [0.25, 0.3) is 11.2 Å². The van der Waals surface area contributed by atoms with Gasteiger partial charge in [0.15, 0.2) is 5.78 Å². The smallest absolute Gasteiger partial charge is 0.270 e. The maximum absolute atomic E-state index is 12.4. The molecule has 1 aromatic heterocycles. The van der Waals surface area contributed by atoms with Crippen molar-refractivity contribution >= 4 is 46.6 Å². The van der Waals surface area contributed by atoms with Gasteiger partial charge in [-0.15, -0.1) is 11.3 Å². The molecule has 27 heavy (non-hydrogen) atoms. The lowest BCUT2D eigenvalue weighted by molar-refractivity contribution is -0.384. The van der Waals surface area contributed by atoms with E-state index < -0.39 is 10.5 Å². The van der Waals surface area contributed by atoms with Crippen LogP contribution in [0.2, 0.25) is 5.02 Å². The van der Waals surface area contributed by atoms with Crippen LogP contribution in [0.3, 0.4) is 0 Å². The van der Waals surface area contributed by atoms with Crippen molar-refractivity contribution in [1.29, 1.82) is 0 Å². The first kappa shape index (κ1) is 18.8. The molecule has 3 aromatic rings. The summed E-state index contributed by atoms with van der Waals surface area (Å²) in [7, 11) is 0. The number of nitrogens with one attached hydrogen (secondary N) is 1. The van der Waals surface area contributed by atoms with Crippen molar-refractivity contribution < 1.29 is 9.72 Å². The molecular weight excluding hydrogens is 388 g/mol. The summed E-state index contributed by atoms with van der Waals surface area (Å²) in [6.45, 7) is 1.84. The molecule has 0 aliphatic heterocycles. The maximum atomic E-state index is 12.4. The lowest BCUT2D eigenvalue weighted by atomic mass is 10.1. The number of aryl methyl sites for hydroxylation is 1. The number of hydrogen-bond donors (Lipinski definition) is 1. The Labute approximate surface area is 162 Å². The number of carbonyl (C=O) groups is 1. The minimum absolute atomic E-state index is 0.125. The number of halogens is 1.